The number of nitrogens with one attached hydrogen (secondary N) is 1. The predicted molar refractivity (Wildman–Crippen MR) is 68.0 cm³/mol. The van der Waals surface area contributed by atoms with Crippen molar-refractivity contribution in [3.8, 4) is 11.8 Å². The first-order valence-corrected chi connectivity index (χ1v) is 5.54. The van der Waals surface area contributed by atoms with E-state index in [1.54, 1.807) is 0 Å². The summed E-state index contributed by atoms with van der Waals surface area (Å²) in [6, 6.07) is 5.89. The van der Waals surface area contributed by atoms with E-state index in [-0.39, 0.29) is 28.0 Å². The van der Waals surface area contributed by atoms with Gasteiger partial charge in [0.1, 0.15) is 12.1 Å². The Bertz CT molecular complexity index is 657. The average molecular weight is 279 g/mol. The molecule has 1 aromatic heterocycles. The fraction of sp³-hybridized carbons (Fsp3) is 0.0833. The third-order valence-corrected chi connectivity index (χ3v) is 2.58. The van der Waals surface area contributed by atoms with Crippen LogP contribution in [0.4, 0.5) is 15.9 Å². The van der Waals surface area contributed by atoms with E-state index in [0.29, 0.717) is 0 Å². The lowest BCUT2D eigenvalue weighted by Gasteiger charge is -2.11. The van der Waals surface area contributed by atoms with Crippen molar-refractivity contribution in [2.45, 2.75) is 0 Å². The van der Waals surface area contributed by atoms with Crippen molar-refractivity contribution < 1.29 is 9.13 Å². The summed E-state index contributed by atoms with van der Waals surface area (Å²) in [7, 11) is 1.41. The minimum Gasteiger partial charge on any atom is -0.490 e. The number of aromatic nitrogens is 2. The van der Waals surface area contributed by atoms with Gasteiger partial charge in [-0.3, -0.25) is 0 Å². The number of anilines is 2. The zero-order chi connectivity index (χ0) is 13.8. The zero-order valence-electron chi connectivity index (χ0n) is 9.82. The SMILES string of the molecule is COc1c(Cl)ncnc1Nc1ccc(C#N)cc1F. The number of benzene rings is 1. The number of nitriles is 1. The van der Waals surface area contributed by atoms with E-state index < -0.39 is 5.82 Å². The Morgan fingerprint density at radius 1 is 1.42 bits per heavy atom. The first-order chi connectivity index (χ1) is 9.15. The molecule has 2 rings (SSSR count). The molecule has 0 spiro atoms. The first-order valence-electron chi connectivity index (χ1n) is 5.17. The third-order valence-electron chi connectivity index (χ3n) is 2.32. The van der Waals surface area contributed by atoms with Crippen LogP contribution in [0.15, 0.2) is 24.5 Å². The lowest BCUT2D eigenvalue weighted by molar-refractivity contribution is 0.413. The molecule has 2 aromatic rings. The molecule has 5 nitrogen and oxygen atoms in total. The number of hydrogen-bond donors (Lipinski definition) is 1. The van der Waals surface area contributed by atoms with Crippen LogP contribution in [0.25, 0.3) is 0 Å². The molecule has 19 heavy (non-hydrogen) atoms. The molecule has 0 saturated carbocycles. The van der Waals surface area contributed by atoms with Crippen LogP contribution in [0.3, 0.4) is 0 Å². The molecule has 0 aliphatic carbocycles. The summed E-state index contributed by atoms with van der Waals surface area (Å²) in [5.41, 5.74) is 0.391. The van der Waals surface area contributed by atoms with Gasteiger partial charge >= 0.3 is 0 Å². The molecule has 0 aliphatic rings. The van der Waals surface area contributed by atoms with Crippen LogP contribution >= 0.6 is 11.6 Å². The van der Waals surface area contributed by atoms with Gasteiger partial charge in [-0.15, -0.1) is 0 Å². The van der Waals surface area contributed by atoms with Gasteiger partial charge in [-0.2, -0.15) is 5.26 Å². The molecule has 96 valence electrons. The molecule has 0 fully saturated rings. The number of rotatable bonds is 3. The fourth-order valence-electron chi connectivity index (χ4n) is 1.44. The smallest absolute Gasteiger partial charge is 0.199 e. The quantitative estimate of drug-likeness (QED) is 0.874. The molecule has 7 heteroatoms. The molecule has 1 N–H and O–H groups in total. The van der Waals surface area contributed by atoms with Crippen LogP contribution < -0.4 is 10.1 Å². The molecule has 0 bridgehead atoms. The van der Waals surface area contributed by atoms with Gasteiger partial charge in [-0.25, -0.2) is 14.4 Å². The Kier molecular flexibility index (Phi) is 3.78. The zero-order valence-corrected chi connectivity index (χ0v) is 10.6. The van der Waals surface area contributed by atoms with Gasteiger partial charge in [0.25, 0.3) is 0 Å². The van der Waals surface area contributed by atoms with Gasteiger partial charge in [0.2, 0.25) is 0 Å². The summed E-state index contributed by atoms with van der Waals surface area (Å²) in [4.78, 5) is 7.68. The topological polar surface area (TPSA) is 70.8 Å². The molecule has 0 atom stereocenters. The van der Waals surface area contributed by atoms with Gasteiger partial charge in [0, 0.05) is 0 Å². The molecule has 0 aliphatic heterocycles. The number of halogens is 2. The van der Waals surface area contributed by atoms with E-state index in [2.05, 4.69) is 15.3 Å². The van der Waals surface area contributed by atoms with Crippen molar-refractivity contribution in [3.05, 3.63) is 41.1 Å². The minimum absolute atomic E-state index is 0.119. The normalized spacial score (nSPS) is 9.79. The second-order valence-electron chi connectivity index (χ2n) is 3.48. The molecular weight excluding hydrogens is 271 g/mol. The Morgan fingerprint density at radius 2 is 2.21 bits per heavy atom. The number of methoxy groups -OCH3 is 1. The standard InChI is InChI=1S/C12H8ClFN4O/c1-19-10-11(13)16-6-17-12(10)18-9-3-2-7(5-15)4-8(9)14/h2-4,6H,1H3,(H,16,17,18). The van der Waals surface area contributed by atoms with Crippen molar-refractivity contribution in [3.63, 3.8) is 0 Å². The van der Waals surface area contributed by atoms with E-state index in [9.17, 15) is 4.39 Å². The van der Waals surface area contributed by atoms with Gasteiger partial charge in [0.05, 0.1) is 24.4 Å². The van der Waals surface area contributed by atoms with E-state index in [0.717, 1.165) is 6.07 Å². The highest BCUT2D eigenvalue weighted by Gasteiger charge is 2.12. The average Bonchev–Trinajstić information content (AvgIpc) is 2.41. The molecule has 1 heterocycles. The largest absolute Gasteiger partial charge is 0.490 e. The van der Waals surface area contributed by atoms with Crippen LogP contribution in [0.5, 0.6) is 5.75 Å². The van der Waals surface area contributed by atoms with E-state index in [1.807, 2.05) is 6.07 Å². The summed E-state index contributed by atoms with van der Waals surface area (Å²) in [6.07, 6.45) is 1.23. The third kappa shape index (κ3) is 2.72. The monoisotopic (exact) mass is 278 g/mol. The van der Waals surface area contributed by atoms with Crippen LogP contribution in [0, 0.1) is 17.1 Å². The summed E-state index contributed by atoms with van der Waals surface area (Å²) >= 11 is 5.83. The Morgan fingerprint density at radius 3 is 2.84 bits per heavy atom. The van der Waals surface area contributed by atoms with Crippen molar-refractivity contribution in [2.24, 2.45) is 0 Å². The fourth-order valence-corrected chi connectivity index (χ4v) is 1.65. The lowest BCUT2D eigenvalue weighted by atomic mass is 10.2. The second-order valence-corrected chi connectivity index (χ2v) is 3.84. The van der Waals surface area contributed by atoms with Crippen molar-refractivity contribution >= 4 is 23.1 Å². The van der Waals surface area contributed by atoms with Gasteiger partial charge in [-0.1, -0.05) is 11.6 Å². The minimum atomic E-state index is -0.573. The maximum Gasteiger partial charge on any atom is 0.199 e. The van der Waals surface area contributed by atoms with Crippen LogP contribution in [-0.4, -0.2) is 17.1 Å². The summed E-state index contributed by atoms with van der Waals surface area (Å²) in [5.74, 6) is -0.116. The Hall–Kier alpha value is -2.39. The molecule has 0 saturated heterocycles. The van der Waals surface area contributed by atoms with E-state index >= 15 is 0 Å². The van der Waals surface area contributed by atoms with E-state index in [4.69, 9.17) is 21.6 Å². The van der Waals surface area contributed by atoms with Gasteiger partial charge < -0.3 is 10.1 Å². The molecule has 0 radical (unpaired) electrons. The number of ether oxygens (including phenoxy) is 1. The predicted octanol–water partition coefficient (Wildman–Crippen LogP) is 2.89. The molecule has 1 aromatic carbocycles. The van der Waals surface area contributed by atoms with Crippen LogP contribution in [0.2, 0.25) is 5.15 Å². The highest BCUT2D eigenvalue weighted by molar-refractivity contribution is 6.31. The lowest BCUT2D eigenvalue weighted by Crippen LogP contribution is -2.01. The summed E-state index contributed by atoms with van der Waals surface area (Å²) < 4.78 is 18.8. The maximum atomic E-state index is 13.7. The van der Waals surface area contributed by atoms with Gasteiger partial charge in [-0.05, 0) is 18.2 Å². The first kappa shape index (κ1) is 13.1. The maximum absolute atomic E-state index is 13.7. The Labute approximate surface area is 113 Å². The Balaban J connectivity index is 2.37. The second kappa shape index (κ2) is 5.50. The molecular formula is C12H8ClFN4O. The van der Waals surface area contributed by atoms with Crippen molar-refractivity contribution in [1.29, 1.82) is 5.26 Å². The van der Waals surface area contributed by atoms with Crippen LogP contribution in [-0.2, 0) is 0 Å². The molecule has 0 amide bonds. The highest BCUT2D eigenvalue weighted by atomic mass is 35.5. The van der Waals surface area contributed by atoms with Crippen molar-refractivity contribution in [1.82, 2.24) is 9.97 Å². The van der Waals surface area contributed by atoms with Gasteiger partial charge in [0.15, 0.2) is 16.7 Å². The number of nitrogens with zero attached hydrogens (tertiary/aromatic N) is 3. The molecule has 0 unspecified atom stereocenters. The van der Waals surface area contributed by atoms with Crippen molar-refractivity contribution in [2.75, 3.05) is 12.4 Å². The number of hydrogen-bond acceptors (Lipinski definition) is 5. The van der Waals surface area contributed by atoms with E-state index in [1.165, 1.54) is 25.6 Å². The highest BCUT2D eigenvalue weighted by Crippen LogP contribution is 2.31. The summed E-state index contributed by atoms with van der Waals surface area (Å²) in [5, 5.41) is 11.5. The summed E-state index contributed by atoms with van der Waals surface area (Å²) in [6.45, 7) is 0. The van der Waals surface area contributed by atoms with Crippen LogP contribution in [0.1, 0.15) is 5.56 Å².